The SMILES string of the molecule is Clc1ccc(C2O[C@H](COCc3ccccc3)[C@@H](OCc3ccccc3)[C@H](OCc3ccccc3)[C@H]2OCc2ccccc2)cc1Cc1ccc(-c2ncccn2)s1. The van der Waals surface area contributed by atoms with Gasteiger partial charge in [0.25, 0.3) is 0 Å². The van der Waals surface area contributed by atoms with Gasteiger partial charge in [-0.2, -0.15) is 0 Å². The van der Waals surface area contributed by atoms with Crippen LogP contribution >= 0.6 is 22.9 Å². The normalized spacial score (nSPS) is 19.2. The van der Waals surface area contributed by atoms with E-state index in [0.717, 1.165) is 43.1 Å². The van der Waals surface area contributed by atoms with Gasteiger partial charge in [-0.15, -0.1) is 11.3 Å². The maximum absolute atomic E-state index is 7.19. The van der Waals surface area contributed by atoms with Gasteiger partial charge in [0.2, 0.25) is 0 Å². The van der Waals surface area contributed by atoms with Crippen LogP contribution in [0.25, 0.3) is 10.7 Å². The summed E-state index contributed by atoms with van der Waals surface area (Å²) in [6, 6.07) is 52.9. The number of thiophene rings is 1. The highest BCUT2D eigenvalue weighted by atomic mass is 35.5. The highest BCUT2D eigenvalue weighted by Crippen LogP contribution is 2.40. The van der Waals surface area contributed by atoms with Crippen LogP contribution in [-0.2, 0) is 56.5 Å². The number of nitrogens with zero attached hydrogens (tertiary/aromatic N) is 2. The predicted octanol–water partition coefficient (Wildman–Crippen LogP) is 10.9. The molecule has 0 N–H and O–H groups in total. The van der Waals surface area contributed by atoms with E-state index >= 15 is 0 Å². The van der Waals surface area contributed by atoms with Crippen LogP contribution in [0.1, 0.15) is 44.4 Å². The Bertz CT molecular complexity index is 2280. The van der Waals surface area contributed by atoms with Gasteiger partial charge in [0.1, 0.15) is 30.5 Å². The zero-order chi connectivity index (χ0) is 39.4. The second-order valence-corrected chi connectivity index (χ2v) is 15.8. The standard InChI is InChI=1S/C49H45ClN2O5S/c50-42-24-22-39(28-40(42)29-41-23-25-44(58-41)49-51-26-13-27-52-49)45-47(55-32-37-18-9-3-10-19-37)48(56-33-38-20-11-4-12-21-38)46(54-31-36-16-7-2-8-17-36)43(57-45)34-53-30-35-14-5-1-6-15-35/h1-28,43,45-48H,29-34H2/t43-,45?,46-,47+,48+/m1/s1. The van der Waals surface area contributed by atoms with E-state index in [1.807, 2.05) is 91.0 Å². The Labute approximate surface area is 349 Å². The highest BCUT2D eigenvalue weighted by Gasteiger charge is 2.49. The number of benzene rings is 5. The molecule has 7 aromatic rings. The first-order valence-corrected chi connectivity index (χ1v) is 20.7. The molecule has 3 heterocycles. The lowest BCUT2D eigenvalue weighted by Gasteiger charge is -2.46. The molecule has 58 heavy (non-hydrogen) atoms. The molecule has 0 radical (unpaired) electrons. The lowest BCUT2D eigenvalue weighted by atomic mass is 9.89. The van der Waals surface area contributed by atoms with E-state index in [1.54, 1.807) is 23.7 Å². The second kappa shape index (κ2) is 20.1. The van der Waals surface area contributed by atoms with E-state index < -0.39 is 30.5 Å². The van der Waals surface area contributed by atoms with Gasteiger partial charge < -0.3 is 23.7 Å². The van der Waals surface area contributed by atoms with Crippen molar-refractivity contribution in [2.24, 2.45) is 0 Å². The molecule has 9 heteroatoms. The van der Waals surface area contributed by atoms with Crippen molar-refractivity contribution >= 4 is 22.9 Å². The van der Waals surface area contributed by atoms with E-state index in [4.69, 9.17) is 35.3 Å². The molecule has 7 nitrogen and oxygen atoms in total. The minimum absolute atomic E-state index is 0.279. The van der Waals surface area contributed by atoms with Gasteiger partial charge in [-0.1, -0.05) is 145 Å². The van der Waals surface area contributed by atoms with Crippen molar-refractivity contribution in [2.75, 3.05) is 6.61 Å². The summed E-state index contributed by atoms with van der Waals surface area (Å²) in [6.07, 6.45) is 1.47. The first kappa shape index (κ1) is 39.8. The fraction of sp³-hybridized carbons (Fsp3) is 0.224. The van der Waals surface area contributed by atoms with Crippen LogP contribution in [0.5, 0.6) is 0 Å². The number of halogens is 1. The summed E-state index contributed by atoms with van der Waals surface area (Å²) in [6.45, 7) is 1.80. The van der Waals surface area contributed by atoms with Crippen LogP contribution in [-0.4, -0.2) is 41.0 Å². The molecule has 1 saturated heterocycles. The van der Waals surface area contributed by atoms with Crippen LogP contribution in [0.3, 0.4) is 0 Å². The fourth-order valence-corrected chi connectivity index (χ4v) is 8.34. The van der Waals surface area contributed by atoms with Crippen molar-refractivity contribution in [3.63, 3.8) is 0 Å². The number of aromatic nitrogens is 2. The van der Waals surface area contributed by atoms with E-state index in [0.29, 0.717) is 43.7 Å². The molecule has 5 atom stereocenters. The Hall–Kier alpha value is -5.03. The molecule has 0 aliphatic carbocycles. The summed E-state index contributed by atoms with van der Waals surface area (Å²) >= 11 is 8.61. The number of rotatable bonds is 17. The second-order valence-electron chi connectivity index (χ2n) is 14.2. The average Bonchev–Trinajstić information content (AvgIpc) is 3.75. The Balaban J connectivity index is 1.15. The molecular weight excluding hydrogens is 764 g/mol. The summed E-state index contributed by atoms with van der Waals surface area (Å²) in [5.41, 5.74) is 6.14. The van der Waals surface area contributed by atoms with Crippen molar-refractivity contribution in [2.45, 2.75) is 63.4 Å². The molecule has 0 saturated carbocycles. The Kier molecular flexibility index (Phi) is 13.8. The molecule has 0 bridgehead atoms. The predicted molar refractivity (Wildman–Crippen MR) is 228 cm³/mol. The lowest BCUT2D eigenvalue weighted by Crippen LogP contribution is -2.58. The smallest absolute Gasteiger partial charge is 0.169 e. The van der Waals surface area contributed by atoms with Gasteiger partial charge in [-0.05, 0) is 57.6 Å². The van der Waals surface area contributed by atoms with Crippen molar-refractivity contribution in [1.29, 1.82) is 0 Å². The zero-order valence-electron chi connectivity index (χ0n) is 32.0. The summed E-state index contributed by atoms with van der Waals surface area (Å²) in [7, 11) is 0. The van der Waals surface area contributed by atoms with Gasteiger partial charge in [0, 0.05) is 28.7 Å². The van der Waals surface area contributed by atoms with Crippen molar-refractivity contribution in [3.05, 3.63) is 213 Å². The van der Waals surface area contributed by atoms with E-state index in [-0.39, 0.29) is 6.61 Å². The molecule has 1 aliphatic heterocycles. The van der Waals surface area contributed by atoms with Crippen molar-refractivity contribution in [1.82, 2.24) is 9.97 Å². The van der Waals surface area contributed by atoms with Crippen LogP contribution in [0.4, 0.5) is 0 Å². The number of ether oxygens (including phenoxy) is 5. The maximum Gasteiger partial charge on any atom is 0.169 e. The van der Waals surface area contributed by atoms with Gasteiger partial charge in [-0.25, -0.2) is 9.97 Å². The summed E-state index contributed by atoms with van der Waals surface area (Å²) in [5.74, 6) is 0.707. The van der Waals surface area contributed by atoms with E-state index in [1.165, 1.54) is 0 Å². The molecule has 0 spiro atoms. The van der Waals surface area contributed by atoms with Crippen LogP contribution in [0, 0.1) is 0 Å². The van der Waals surface area contributed by atoms with Gasteiger partial charge in [0.05, 0.1) is 37.9 Å². The van der Waals surface area contributed by atoms with Crippen LogP contribution in [0.2, 0.25) is 5.02 Å². The summed E-state index contributed by atoms with van der Waals surface area (Å²) in [4.78, 5) is 11.0. The highest BCUT2D eigenvalue weighted by molar-refractivity contribution is 7.15. The Morgan fingerprint density at radius 3 is 1.67 bits per heavy atom. The molecule has 294 valence electrons. The zero-order valence-corrected chi connectivity index (χ0v) is 33.6. The molecule has 0 amide bonds. The van der Waals surface area contributed by atoms with Gasteiger partial charge >= 0.3 is 0 Å². The average molecular weight is 809 g/mol. The van der Waals surface area contributed by atoms with Gasteiger partial charge in [-0.3, -0.25) is 0 Å². The molecule has 1 fully saturated rings. The first-order chi connectivity index (χ1) is 28.7. The van der Waals surface area contributed by atoms with E-state index in [2.05, 4.69) is 76.7 Å². The van der Waals surface area contributed by atoms with Crippen molar-refractivity contribution in [3.8, 4) is 10.7 Å². The quantitative estimate of drug-likeness (QED) is 0.0907. The molecule has 1 aliphatic rings. The third kappa shape index (κ3) is 10.5. The molecule has 2 aromatic heterocycles. The molecule has 8 rings (SSSR count). The number of hydrogen-bond acceptors (Lipinski definition) is 8. The third-order valence-corrected chi connectivity index (χ3v) is 11.5. The number of hydrogen-bond donors (Lipinski definition) is 0. The Morgan fingerprint density at radius 1 is 0.552 bits per heavy atom. The first-order valence-electron chi connectivity index (χ1n) is 19.5. The largest absolute Gasteiger partial charge is 0.374 e. The molecular formula is C49H45ClN2O5S. The third-order valence-electron chi connectivity index (χ3n) is 10.1. The summed E-state index contributed by atoms with van der Waals surface area (Å²) in [5, 5.41) is 0.677. The summed E-state index contributed by atoms with van der Waals surface area (Å²) < 4.78 is 34.5. The topological polar surface area (TPSA) is 71.9 Å². The Morgan fingerprint density at radius 2 is 1.09 bits per heavy atom. The van der Waals surface area contributed by atoms with Crippen LogP contribution < -0.4 is 0 Å². The van der Waals surface area contributed by atoms with Crippen LogP contribution in [0.15, 0.2) is 170 Å². The molecule has 5 aromatic carbocycles. The van der Waals surface area contributed by atoms with Gasteiger partial charge in [0.15, 0.2) is 5.82 Å². The fourth-order valence-electron chi connectivity index (χ4n) is 7.17. The van der Waals surface area contributed by atoms with Crippen molar-refractivity contribution < 1.29 is 23.7 Å². The minimum atomic E-state index is -0.562. The monoisotopic (exact) mass is 808 g/mol. The van der Waals surface area contributed by atoms with E-state index in [9.17, 15) is 0 Å². The lowest BCUT2D eigenvalue weighted by molar-refractivity contribution is -0.275. The maximum atomic E-state index is 7.19. The molecule has 1 unspecified atom stereocenters. The minimum Gasteiger partial charge on any atom is -0.374 e.